The van der Waals surface area contributed by atoms with Crippen LogP contribution in [0.2, 0.25) is 0 Å². The maximum absolute atomic E-state index is 12.3. The van der Waals surface area contributed by atoms with Gasteiger partial charge in [0.15, 0.2) is 5.78 Å². The molecule has 1 aliphatic heterocycles. The highest BCUT2D eigenvalue weighted by Gasteiger charge is 2.20. The third-order valence-electron chi connectivity index (χ3n) is 3.32. The Kier molecular flexibility index (Phi) is 5.48. The highest BCUT2D eigenvalue weighted by atomic mass is 32.2. The van der Waals surface area contributed by atoms with Gasteiger partial charge in [-0.1, -0.05) is 20.8 Å². The molecule has 4 heteroatoms. The molecule has 0 N–H and O–H groups in total. The largest absolute Gasteiger partial charge is 0.296 e. The Morgan fingerprint density at radius 3 is 3.00 bits per heavy atom. The van der Waals surface area contributed by atoms with Crippen molar-refractivity contribution in [2.75, 3.05) is 19.6 Å². The number of hydrogen-bond donors (Lipinski definition) is 0. The zero-order valence-corrected chi connectivity index (χ0v) is 13.6. The van der Waals surface area contributed by atoms with Crippen LogP contribution in [-0.4, -0.2) is 35.6 Å². The Morgan fingerprint density at radius 2 is 2.32 bits per heavy atom. The van der Waals surface area contributed by atoms with Crippen molar-refractivity contribution in [1.29, 1.82) is 0 Å². The fourth-order valence-electron chi connectivity index (χ4n) is 2.48. The molecule has 1 saturated heterocycles. The number of piperidine rings is 1. The first-order chi connectivity index (χ1) is 9.04. The van der Waals surface area contributed by atoms with Crippen LogP contribution in [0.4, 0.5) is 0 Å². The second-order valence-electron chi connectivity index (χ2n) is 5.69. The minimum Gasteiger partial charge on any atom is -0.296 e. The van der Waals surface area contributed by atoms with E-state index in [0.29, 0.717) is 11.8 Å². The van der Waals surface area contributed by atoms with Crippen LogP contribution < -0.4 is 0 Å². The van der Waals surface area contributed by atoms with E-state index in [4.69, 9.17) is 0 Å². The summed E-state index contributed by atoms with van der Waals surface area (Å²) in [4.78, 5) is 15.5. The van der Waals surface area contributed by atoms with Crippen LogP contribution >= 0.6 is 23.1 Å². The van der Waals surface area contributed by atoms with Crippen molar-refractivity contribution in [1.82, 2.24) is 4.90 Å². The Balaban J connectivity index is 1.90. The number of nitrogens with zero attached hydrogens (tertiary/aromatic N) is 1. The van der Waals surface area contributed by atoms with Crippen LogP contribution in [0.5, 0.6) is 0 Å². The summed E-state index contributed by atoms with van der Waals surface area (Å²) in [6.07, 6.45) is 2.53. The van der Waals surface area contributed by atoms with E-state index in [9.17, 15) is 4.79 Å². The number of ketones is 1. The molecule has 0 spiro atoms. The van der Waals surface area contributed by atoms with Crippen LogP contribution in [-0.2, 0) is 0 Å². The maximum Gasteiger partial charge on any atom is 0.186 e. The summed E-state index contributed by atoms with van der Waals surface area (Å²) >= 11 is 3.48. The van der Waals surface area contributed by atoms with E-state index in [1.165, 1.54) is 17.1 Å². The topological polar surface area (TPSA) is 20.3 Å². The summed E-state index contributed by atoms with van der Waals surface area (Å²) in [6, 6.07) is 4.08. The minimum absolute atomic E-state index is 0.287. The molecule has 1 aromatic heterocycles. The lowest BCUT2D eigenvalue weighted by Gasteiger charge is -2.29. The molecule has 1 aromatic rings. The van der Waals surface area contributed by atoms with Crippen LogP contribution in [0.1, 0.15) is 43.3 Å². The van der Waals surface area contributed by atoms with Gasteiger partial charge in [0.25, 0.3) is 0 Å². The van der Waals surface area contributed by atoms with E-state index in [2.05, 4.69) is 31.7 Å². The van der Waals surface area contributed by atoms with Gasteiger partial charge in [0.1, 0.15) is 0 Å². The monoisotopic (exact) mass is 297 g/mol. The van der Waals surface area contributed by atoms with Crippen molar-refractivity contribution in [3.63, 3.8) is 0 Å². The van der Waals surface area contributed by atoms with Crippen molar-refractivity contribution in [3.05, 3.63) is 17.0 Å². The molecular weight excluding hydrogens is 274 g/mol. The van der Waals surface area contributed by atoms with E-state index in [0.717, 1.165) is 23.9 Å². The molecular formula is C15H23NOS2. The van der Waals surface area contributed by atoms with Gasteiger partial charge in [0.05, 0.1) is 15.6 Å². The van der Waals surface area contributed by atoms with E-state index in [-0.39, 0.29) is 5.78 Å². The summed E-state index contributed by atoms with van der Waals surface area (Å²) in [5.74, 6) is 1.02. The Morgan fingerprint density at radius 1 is 1.53 bits per heavy atom. The Bertz CT molecular complexity index is 428. The SMILES string of the molecule is CC1CCCN(CC(=O)c2ccc(SC(C)C)s2)C1. The molecule has 19 heavy (non-hydrogen) atoms. The molecule has 0 bridgehead atoms. The normalized spacial score (nSPS) is 20.9. The van der Waals surface area contributed by atoms with Crippen LogP contribution in [0, 0.1) is 5.92 Å². The standard InChI is InChI=1S/C15H23NOS2/c1-11(2)18-15-7-6-14(19-15)13(17)10-16-8-4-5-12(3)9-16/h6-7,11-12H,4-5,8-10H2,1-3H3. The summed E-state index contributed by atoms with van der Waals surface area (Å²) in [6.45, 7) is 9.39. The van der Waals surface area contributed by atoms with E-state index in [1.807, 2.05) is 17.8 Å². The third-order valence-corrected chi connectivity index (χ3v) is 5.62. The number of likely N-dealkylation sites (tertiary alicyclic amines) is 1. The van der Waals surface area contributed by atoms with Crippen molar-refractivity contribution >= 4 is 28.9 Å². The lowest BCUT2D eigenvalue weighted by Crippen LogP contribution is -2.37. The molecule has 1 fully saturated rings. The second-order valence-corrected chi connectivity index (χ2v) is 8.65. The second kappa shape index (κ2) is 6.91. The van der Waals surface area contributed by atoms with Gasteiger partial charge in [-0.05, 0) is 37.4 Å². The smallest absolute Gasteiger partial charge is 0.186 e. The lowest BCUT2D eigenvalue weighted by atomic mass is 10.0. The fourth-order valence-corrected chi connectivity index (χ4v) is 4.79. The van der Waals surface area contributed by atoms with E-state index < -0.39 is 0 Å². The van der Waals surface area contributed by atoms with Gasteiger partial charge < -0.3 is 0 Å². The summed E-state index contributed by atoms with van der Waals surface area (Å²) in [5.41, 5.74) is 0. The summed E-state index contributed by atoms with van der Waals surface area (Å²) in [5, 5.41) is 0.574. The lowest BCUT2D eigenvalue weighted by molar-refractivity contribution is 0.0897. The molecule has 1 atom stereocenters. The van der Waals surface area contributed by atoms with Gasteiger partial charge in [0, 0.05) is 11.8 Å². The first-order valence-electron chi connectivity index (χ1n) is 7.06. The molecule has 2 nitrogen and oxygen atoms in total. The number of Topliss-reactive ketones (excluding diaryl/α,β-unsaturated/α-hetero) is 1. The van der Waals surface area contributed by atoms with E-state index in [1.54, 1.807) is 11.3 Å². The average molecular weight is 297 g/mol. The van der Waals surface area contributed by atoms with Gasteiger partial charge in [-0.2, -0.15) is 0 Å². The van der Waals surface area contributed by atoms with E-state index >= 15 is 0 Å². The van der Waals surface area contributed by atoms with Gasteiger partial charge >= 0.3 is 0 Å². The zero-order chi connectivity index (χ0) is 13.8. The number of carbonyl (C=O) groups is 1. The van der Waals surface area contributed by atoms with Crippen molar-refractivity contribution in [2.24, 2.45) is 5.92 Å². The molecule has 0 amide bonds. The van der Waals surface area contributed by atoms with Crippen molar-refractivity contribution in [2.45, 2.75) is 43.1 Å². The Labute approximate surface area is 124 Å². The molecule has 0 radical (unpaired) electrons. The fraction of sp³-hybridized carbons (Fsp3) is 0.667. The number of thioether (sulfide) groups is 1. The molecule has 2 rings (SSSR count). The maximum atomic E-state index is 12.3. The van der Waals surface area contributed by atoms with Crippen molar-refractivity contribution in [3.8, 4) is 0 Å². The van der Waals surface area contributed by atoms with Crippen LogP contribution in [0.25, 0.3) is 0 Å². The van der Waals surface area contributed by atoms with Gasteiger partial charge in [-0.25, -0.2) is 0 Å². The number of rotatable bonds is 5. The van der Waals surface area contributed by atoms with Gasteiger partial charge in [-0.15, -0.1) is 23.1 Å². The minimum atomic E-state index is 0.287. The van der Waals surface area contributed by atoms with Crippen LogP contribution in [0.15, 0.2) is 16.3 Å². The number of hydrogen-bond acceptors (Lipinski definition) is 4. The number of thiophene rings is 1. The highest BCUT2D eigenvalue weighted by Crippen LogP contribution is 2.30. The first kappa shape index (κ1) is 15.1. The quantitative estimate of drug-likeness (QED) is 0.601. The predicted molar refractivity (Wildman–Crippen MR) is 84.5 cm³/mol. The Hall–Kier alpha value is -0.320. The zero-order valence-electron chi connectivity index (χ0n) is 12.0. The molecule has 0 aliphatic carbocycles. The summed E-state index contributed by atoms with van der Waals surface area (Å²) in [7, 11) is 0. The van der Waals surface area contributed by atoms with Crippen molar-refractivity contribution < 1.29 is 4.79 Å². The molecule has 1 unspecified atom stereocenters. The average Bonchev–Trinajstić information content (AvgIpc) is 2.76. The molecule has 106 valence electrons. The highest BCUT2D eigenvalue weighted by molar-refractivity contribution is 8.01. The molecule has 2 heterocycles. The van der Waals surface area contributed by atoms with Gasteiger partial charge in [0.2, 0.25) is 0 Å². The number of carbonyl (C=O) groups excluding carboxylic acids is 1. The van der Waals surface area contributed by atoms with Crippen LogP contribution in [0.3, 0.4) is 0 Å². The first-order valence-corrected chi connectivity index (χ1v) is 8.76. The predicted octanol–water partition coefficient (Wildman–Crippen LogP) is 4.16. The third kappa shape index (κ3) is 4.62. The van der Waals surface area contributed by atoms with Gasteiger partial charge in [-0.3, -0.25) is 9.69 Å². The summed E-state index contributed by atoms with van der Waals surface area (Å²) < 4.78 is 1.25. The molecule has 0 aromatic carbocycles. The molecule has 0 saturated carbocycles. The molecule has 1 aliphatic rings.